The molecule has 0 fully saturated rings. The molecule has 1 N–H and O–H groups in total. The van der Waals surface area contributed by atoms with Crippen LogP contribution in [0.15, 0.2) is 30.3 Å². The van der Waals surface area contributed by atoms with Gasteiger partial charge in [-0.2, -0.15) is 0 Å². The SMILES string of the molecule is CNC(c1ccccc1)C(C)N(CCOC)CCOC. The maximum Gasteiger partial charge on any atom is 0.0589 e. The number of likely N-dealkylation sites (N-methyl/N-ethyl adjacent to an activating group) is 1. The molecule has 1 aromatic carbocycles. The third kappa shape index (κ3) is 5.21. The Morgan fingerprint density at radius 1 is 1.05 bits per heavy atom. The maximum atomic E-state index is 5.22. The number of benzene rings is 1. The van der Waals surface area contributed by atoms with Crippen molar-refractivity contribution in [2.45, 2.75) is 19.0 Å². The van der Waals surface area contributed by atoms with Crippen molar-refractivity contribution in [3.8, 4) is 0 Å². The van der Waals surface area contributed by atoms with Crippen LogP contribution in [0, 0.1) is 0 Å². The fourth-order valence-electron chi connectivity index (χ4n) is 2.49. The molecule has 1 rings (SSSR count). The Bertz CT molecular complexity index is 338. The molecule has 0 saturated heterocycles. The molecule has 0 heterocycles. The van der Waals surface area contributed by atoms with E-state index in [-0.39, 0.29) is 0 Å². The van der Waals surface area contributed by atoms with Crippen molar-refractivity contribution >= 4 is 0 Å². The minimum Gasteiger partial charge on any atom is -0.383 e. The average Bonchev–Trinajstić information content (AvgIpc) is 2.49. The van der Waals surface area contributed by atoms with Crippen LogP contribution < -0.4 is 5.32 Å². The van der Waals surface area contributed by atoms with E-state index in [1.54, 1.807) is 14.2 Å². The van der Waals surface area contributed by atoms with Gasteiger partial charge in [-0.25, -0.2) is 0 Å². The van der Waals surface area contributed by atoms with Crippen LogP contribution in [0.4, 0.5) is 0 Å². The number of rotatable bonds is 10. The molecule has 20 heavy (non-hydrogen) atoms. The van der Waals surface area contributed by atoms with Crippen molar-refractivity contribution in [3.05, 3.63) is 35.9 Å². The summed E-state index contributed by atoms with van der Waals surface area (Å²) in [7, 11) is 5.50. The van der Waals surface area contributed by atoms with Crippen LogP contribution in [0.2, 0.25) is 0 Å². The second-order valence-corrected chi connectivity index (χ2v) is 4.94. The Hall–Kier alpha value is -0.940. The molecule has 4 heteroatoms. The van der Waals surface area contributed by atoms with Gasteiger partial charge < -0.3 is 14.8 Å². The van der Waals surface area contributed by atoms with E-state index in [4.69, 9.17) is 9.47 Å². The summed E-state index contributed by atoms with van der Waals surface area (Å²) in [6.07, 6.45) is 0. The predicted octanol–water partition coefficient (Wildman–Crippen LogP) is 1.93. The summed E-state index contributed by atoms with van der Waals surface area (Å²) in [6.45, 7) is 5.54. The van der Waals surface area contributed by atoms with Crippen LogP contribution in [0.5, 0.6) is 0 Å². The lowest BCUT2D eigenvalue weighted by Crippen LogP contribution is -2.45. The Labute approximate surface area is 123 Å². The van der Waals surface area contributed by atoms with Crippen molar-refractivity contribution in [2.24, 2.45) is 0 Å². The number of nitrogens with one attached hydrogen (secondary N) is 1. The third-order valence-electron chi connectivity index (χ3n) is 3.69. The smallest absolute Gasteiger partial charge is 0.0589 e. The van der Waals surface area contributed by atoms with Crippen LogP contribution in [0.25, 0.3) is 0 Å². The number of ether oxygens (including phenoxy) is 2. The first-order valence-corrected chi connectivity index (χ1v) is 7.18. The largest absolute Gasteiger partial charge is 0.383 e. The van der Waals surface area contributed by atoms with Crippen LogP contribution >= 0.6 is 0 Å². The molecule has 0 bridgehead atoms. The number of nitrogens with zero attached hydrogens (tertiary/aromatic N) is 1. The minimum atomic E-state index is 0.296. The molecular weight excluding hydrogens is 252 g/mol. The summed E-state index contributed by atoms with van der Waals surface area (Å²) >= 11 is 0. The molecule has 2 atom stereocenters. The van der Waals surface area contributed by atoms with Gasteiger partial charge in [-0.05, 0) is 19.5 Å². The first kappa shape index (κ1) is 17.1. The second-order valence-electron chi connectivity index (χ2n) is 4.94. The monoisotopic (exact) mass is 280 g/mol. The van der Waals surface area contributed by atoms with Gasteiger partial charge in [0.25, 0.3) is 0 Å². The van der Waals surface area contributed by atoms with Crippen LogP contribution in [-0.4, -0.2) is 58.5 Å². The lowest BCUT2D eigenvalue weighted by Gasteiger charge is -2.34. The van der Waals surface area contributed by atoms with E-state index in [2.05, 4.69) is 47.5 Å². The molecule has 0 aliphatic rings. The Morgan fingerprint density at radius 3 is 2.05 bits per heavy atom. The lowest BCUT2D eigenvalue weighted by atomic mass is 9.99. The van der Waals surface area contributed by atoms with Gasteiger partial charge in [0, 0.05) is 39.4 Å². The van der Waals surface area contributed by atoms with Gasteiger partial charge in [-0.15, -0.1) is 0 Å². The van der Waals surface area contributed by atoms with E-state index in [1.165, 1.54) is 5.56 Å². The Morgan fingerprint density at radius 2 is 1.60 bits per heavy atom. The second kappa shape index (κ2) is 9.88. The fourth-order valence-corrected chi connectivity index (χ4v) is 2.49. The Kier molecular flexibility index (Phi) is 8.46. The van der Waals surface area contributed by atoms with E-state index < -0.39 is 0 Å². The summed E-state index contributed by atoms with van der Waals surface area (Å²) in [4.78, 5) is 2.40. The average molecular weight is 280 g/mol. The molecule has 0 amide bonds. The maximum absolute atomic E-state index is 5.22. The van der Waals surface area contributed by atoms with Crippen molar-refractivity contribution in [1.82, 2.24) is 10.2 Å². The van der Waals surface area contributed by atoms with Gasteiger partial charge in [0.15, 0.2) is 0 Å². The molecule has 1 aromatic rings. The van der Waals surface area contributed by atoms with Crippen molar-refractivity contribution in [1.29, 1.82) is 0 Å². The van der Waals surface area contributed by atoms with Gasteiger partial charge in [0.05, 0.1) is 13.2 Å². The van der Waals surface area contributed by atoms with Gasteiger partial charge >= 0.3 is 0 Å². The van der Waals surface area contributed by atoms with E-state index in [0.29, 0.717) is 12.1 Å². The number of hydrogen-bond acceptors (Lipinski definition) is 4. The number of hydrogen-bond donors (Lipinski definition) is 1. The predicted molar refractivity (Wildman–Crippen MR) is 83.0 cm³/mol. The lowest BCUT2D eigenvalue weighted by molar-refractivity contribution is 0.0802. The summed E-state index contributed by atoms with van der Waals surface area (Å²) in [5.74, 6) is 0. The quantitative estimate of drug-likeness (QED) is 0.710. The van der Waals surface area contributed by atoms with Crippen molar-refractivity contribution in [3.63, 3.8) is 0 Å². The van der Waals surface area contributed by atoms with Gasteiger partial charge in [-0.3, -0.25) is 4.90 Å². The fraction of sp³-hybridized carbons (Fsp3) is 0.625. The van der Waals surface area contributed by atoms with E-state index in [9.17, 15) is 0 Å². The molecule has 114 valence electrons. The highest BCUT2D eigenvalue weighted by atomic mass is 16.5. The molecule has 0 aromatic heterocycles. The highest BCUT2D eigenvalue weighted by molar-refractivity contribution is 5.20. The minimum absolute atomic E-state index is 0.296. The molecule has 0 spiro atoms. The molecule has 0 saturated carbocycles. The highest BCUT2D eigenvalue weighted by Gasteiger charge is 2.23. The van der Waals surface area contributed by atoms with Gasteiger partial charge in [0.1, 0.15) is 0 Å². The zero-order valence-electron chi connectivity index (χ0n) is 13.1. The topological polar surface area (TPSA) is 33.7 Å². The molecule has 2 unspecified atom stereocenters. The van der Waals surface area contributed by atoms with Gasteiger partial charge in [0.2, 0.25) is 0 Å². The highest BCUT2D eigenvalue weighted by Crippen LogP contribution is 2.20. The zero-order valence-corrected chi connectivity index (χ0v) is 13.1. The number of methoxy groups -OCH3 is 2. The van der Waals surface area contributed by atoms with Crippen molar-refractivity contribution < 1.29 is 9.47 Å². The third-order valence-corrected chi connectivity index (χ3v) is 3.69. The molecule has 4 nitrogen and oxygen atoms in total. The molecule has 0 aliphatic heterocycles. The Balaban J connectivity index is 2.75. The van der Waals surface area contributed by atoms with Crippen molar-refractivity contribution in [2.75, 3.05) is 47.6 Å². The van der Waals surface area contributed by atoms with E-state index >= 15 is 0 Å². The van der Waals surface area contributed by atoms with Crippen LogP contribution in [0.3, 0.4) is 0 Å². The molecule has 0 aliphatic carbocycles. The summed E-state index contributed by atoms with van der Waals surface area (Å²) in [5.41, 5.74) is 1.31. The first-order valence-electron chi connectivity index (χ1n) is 7.18. The summed E-state index contributed by atoms with van der Waals surface area (Å²) < 4.78 is 10.4. The normalized spacial score (nSPS) is 14.4. The standard InChI is InChI=1S/C16H28N2O2/c1-14(18(10-12-19-3)11-13-20-4)16(17-2)15-8-6-5-7-9-15/h5-9,14,16-17H,10-13H2,1-4H3. The van der Waals surface area contributed by atoms with Crippen LogP contribution in [0.1, 0.15) is 18.5 Å². The summed E-state index contributed by atoms with van der Waals surface area (Å²) in [5, 5.41) is 3.43. The van der Waals surface area contributed by atoms with Gasteiger partial charge in [-0.1, -0.05) is 30.3 Å². The van der Waals surface area contributed by atoms with E-state index in [0.717, 1.165) is 26.3 Å². The van der Waals surface area contributed by atoms with Crippen LogP contribution in [-0.2, 0) is 9.47 Å². The zero-order chi connectivity index (χ0) is 14.8. The summed E-state index contributed by atoms with van der Waals surface area (Å²) in [6, 6.07) is 11.2. The van der Waals surface area contributed by atoms with E-state index in [1.807, 2.05) is 7.05 Å². The first-order chi connectivity index (χ1) is 9.74. The molecule has 0 radical (unpaired) electrons. The molecular formula is C16H28N2O2.